The first-order valence-electron chi connectivity index (χ1n) is 6.88. The van der Waals surface area contributed by atoms with E-state index in [1.54, 1.807) is 12.4 Å². The van der Waals surface area contributed by atoms with E-state index >= 15 is 0 Å². The summed E-state index contributed by atoms with van der Waals surface area (Å²) in [6.07, 6.45) is 3.39. The minimum Gasteiger partial charge on any atom is -0.436 e. The Morgan fingerprint density at radius 1 is 0.818 bits per heavy atom. The van der Waals surface area contributed by atoms with E-state index in [4.69, 9.17) is 4.42 Å². The van der Waals surface area contributed by atoms with E-state index in [1.807, 2.05) is 54.6 Å². The number of oxazole rings is 1. The maximum absolute atomic E-state index is 5.70. The molecule has 4 aromatic rings. The highest BCUT2D eigenvalue weighted by Gasteiger charge is 2.08. The van der Waals surface area contributed by atoms with Crippen LogP contribution in [0.3, 0.4) is 0 Å². The van der Waals surface area contributed by atoms with Crippen LogP contribution in [0.1, 0.15) is 0 Å². The molecule has 0 saturated heterocycles. The first-order valence-corrected chi connectivity index (χ1v) is 6.88. The van der Waals surface area contributed by atoms with Crippen LogP contribution in [0.25, 0.3) is 22.6 Å². The van der Waals surface area contributed by atoms with E-state index in [9.17, 15) is 0 Å². The first-order chi connectivity index (χ1) is 10.9. The van der Waals surface area contributed by atoms with Crippen molar-refractivity contribution in [3.05, 3.63) is 67.0 Å². The van der Waals surface area contributed by atoms with E-state index in [0.717, 1.165) is 22.4 Å². The highest BCUT2D eigenvalue weighted by Crippen LogP contribution is 2.23. The molecule has 0 radical (unpaired) electrons. The number of rotatable bonds is 3. The summed E-state index contributed by atoms with van der Waals surface area (Å²) in [5.41, 5.74) is 3.26. The molecule has 0 bridgehead atoms. The van der Waals surface area contributed by atoms with Crippen molar-refractivity contribution in [1.29, 1.82) is 0 Å². The third kappa shape index (κ3) is 2.40. The summed E-state index contributed by atoms with van der Waals surface area (Å²) in [7, 11) is 0. The molecule has 0 spiro atoms. The van der Waals surface area contributed by atoms with Crippen molar-refractivity contribution in [2.24, 2.45) is 0 Å². The van der Waals surface area contributed by atoms with Crippen molar-refractivity contribution < 1.29 is 4.42 Å². The summed E-state index contributed by atoms with van der Waals surface area (Å²) >= 11 is 0. The largest absolute Gasteiger partial charge is 0.436 e. The number of fused-ring (bicyclic) bond motifs is 1. The number of nitrogens with zero attached hydrogens (tertiary/aromatic N) is 3. The molecular formula is C17H12N4O. The lowest BCUT2D eigenvalue weighted by Gasteiger charge is -2.03. The van der Waals surface area contributed by atoms with Gasteiger partial charge in [-0.2, -0.15) is 0 Å². The Morgan fingerprint density at radius 3 is 2.32 bits per heavy atom. The maximum Gasteiger partial charge on any atom is 0.230 e. The van der Waals surface area contributed by atoms with Gasteiger partial charge in [0.2, 0.25) is 11.8 Å². The number of aromatic nitrogens is 3. The van der Waals surface area contributed by atoms with Crippen molar-refractivity contribution in [3.63, 3.8) is 0 Å². The summed E-state index contributed by atoms with van der Waals surface area (Å²) in [6.45, 7) is 0. The normalized spacial score (nSPS) is 10.7. The third-order valence-corrected chi connectivity index (χ3v) is 3.22. The van der Waals surface area contributed by atoms with Crippen LogP contribution in [-0.2, 0) is 0 Å². The first kappa shape index (κ1) is 12.5. The highest BCUT2D eigenvalue weighted by molar-refractivity contribution is 5.75. The van der Waals surface area contributed by atoms with Gasteiger partial charge in [-0.25, -0.2) is 15.0 Å². The molecule has 1 N–H and O–H groups in total. The van der Waals surface area contributed by atoms with E-state index in [-0.39, 0.29) is 0 Å². The number of hydrogen-bond donors (Lipinski definition) is 1. The number of benzene rings is 2. The lowest BCUT2D eigenvalue weighted by atomic mass is 10.3. The Hall–Kier alpha value is -3.21. The molecule has 5 nitrogen and oxygen atoms in total. The fourth-order valence-electron chi connectivity index (χ4n) is 2.15. The van der Waals surface area contributed by atoms with Crippen LogP contribution in [0.5, 0.6) is 0 Å². The molecule has 106 valence electrons. The summed E-state index contributed by atoms with van der Waals surface area (Å²) in [6, 6.07) is 17.4. The van der Waals surface area contributed by atoms with Gasteiger partial charge in [0.05, 0.1) is 5.56 Å². The molecular weight excluding hydrogens is 276 g/mol. The Kier molecular flexibility index (Phi) is 3.01. The summed E-state index contributed by atoms with van der Waals surface area (Å²) in [4.78, 5) is 13.0. The van der Waals surface area contributed by atoms with E-state index in [0.29, 0.717) is 11.8 Å². The maximum atomic E-state index is 5.70. The molecule has 2 aromatic heterocycles. The van der Waals surface area contributed by atoms with Gasteiger partial charge in [0.25, 0.3) is 0 Å². The Balaban J connectivity index is 1.61. The molecule has 2 aromatic carbocycles. The van der Waals surface area contributed by atoms with E-state index in [2.05, 4.69) is 20.3 Å². The molecule has 2 heterocycles. The average molecular weight is 288 g/mol. The lowest BCUT2D eigenvalue weighted by Crippen LogP contribution is -1.96. The molecule has 0 aliphatic rings. The molecule has 22 heavy (non-hydrogen) atoms. The molecule has 0 unspecified atom stereocenters. The van der Waals surface area contributed by atoms with Crippen molar-refractivity contribution in [2.45, 2.75) is 0 Å². The number of para-hydroxylation sites is 3. The van der Waals surface area contributed by atoms with E-state index < -0.39 is 0 Å². The predicted octanol–water partition coefficient (Wildman–Crippen LogP) is 4.03. The van der Waals surface area contributed by atoms with Crippen LogP contribution in [0, 0.1) is 0 Å². The molecule has 5 heteroatoms. The molecule has 0 aliphatic heterocycles. The van der Waals surface area contributed by atoms with Gasteiger partial charge in [-0.05, 0) is 24.3 Å². The van der Waals surface area contributed by atoms with Crippen LogP contribution in [0.15, 0.2) is 71.4 Å². The van der Waals surface area contributed by atoms with Gasteiger partial charge >= 0.3 is 0 Å². The van der Waals surface area contributed by atoms with Gasteiger partial charge in [-0.15, -0.1) is 0 Å². The monoisotopic (exact) mass is 288 g/mol. The molecule has 0 amide bonds. The molecule has 0 fully saturated rings. The SMILES string of the molecule is c1ccc(Nc2ncc(-c3nc4ccccc4o3)cn2)cc1. The predicted molar refractivity (Wildman–Crippen MR) is 84.8 cm³/mol. The second-order valence-electron chi connectivity index (χ2n) is 4.77. The van der Waals surface area contributed by atoms with E-state index in [1.165, 1.54) is 0 Å². The number of hydrogen-bond acceptors (Lipinski definition) is 5. The van der Waals surface area contributed by atoms with Crippen molar-refractivity contribution in [1.82, 2.24) is 15.0 Å². The van der Waals surface area contributed by atoms with Gasteiger partial charge in [0.15, 0.2) is 5.58 Å². The standard InChI is InChI=1S/C17H12N4O/c1-2-6-13(7-3-1)20-17-18-10-12(11-19-17)16-21-14-8-4-5-9-15(14)22-16/h1-11H,(H,18,19,20). The van der Waals surface area contributed by atoms with Crippen LogP contribution < -0.4 is 5.32 Å². The molecule has 4 rings (SSSR count). The second kappa shape index (κ2) is 5.29. The van der Waals surface area contributed by atoms with Crippen LogP contribution in [-0.4, -0.2) is 15.0 Å². The molecule has 0 atom stereocenters. The molecule has 0 aliphatic carbocycles. The summed E-state index contributed by atoms with van der Waals surface area (Å²) in [5.74, 6) is 1.05. The third-order valence-electron chi connectivity index (χ3n) is 3.22. The summed E-state index contributed by atoms with van der Waals surface area (Å²) in [5, 5.41) is 3.14. The highest BCUT2D eigenvalue weighted by atomic mass is 16.3. The van der Waals surface area contributed by atoms with Crippen LogP contribution >= 0.6 is 0 Å². The molecule has 0 saturated carbocycles. The van der Waals surface area contributed by atoms with Gasteiger partial charge in [-0.1, -0.05) is 30.3 Å². The van der Waals surface area contributed by atoms with Crippen LogP contribution in [0.2, 0.25) is 0 Å². The van der Waals surface area contributed by atoms with Gasteiger partial charge in [-0.3, -0.25) is 0 Å². The average Bonchev–Trinajstić information content (AvgIpc) is 3.00. The van der Waals surface area contributed by atoms with Gasteiger partial charge in [0, 0.05) is 18.1 Å². The van der Waals surface area contributed by atoms with Crippen molar-refractivity contribution in [2.75, 3.05) is 5.32 Å². The lowest BCUT2D eigenvalue weighted by molar-refractivity contribution is 0.619. The van der Waals surface area contributed by atoms with Crippen molar-refractivity contribution in [3.8, 4) is 11.5 Å². The quantitative estimate of drug-likeness (QED) is 0.616. The van der Waals surface area contributed by atoms with Gasteiger partial charge in [0.1, 0.15) is 5.52 Å². The van der Waals surface area contributed by atoms with Crippen molar-refractivity contribution >= 4 is 22.7 Å². The minimum absolute atomic E-state index is 0.521. The fourth-order valence-corrected chi connectivity index (χ4v) is 2.15. The van der Waals surface area contributed by atoms with Crippen LogP contribution in [0.4, 0.5) is 11.6 Å². The second-order valence-corrected chi connectivity index (χ2v) is 4.77. The minimum atomic E-state index is 0.521. The number of anilines is 2. The smallest absolute Gasteiger partial charge is 0.230 e. The zero-order valence-corrected chi connectivity index (χ0v) is 11.6. The Morgan fingerprint density at radius 2 is 1.55 bits per heavy atom. The zero-order chi connectivity index (χ0) is 14.8. The number of nitrogens with one attached hydrogen (secondary N) is 1. The van der Waals surface area contributed by atoms with Gasteiger partial charge < -0.3 is 9.73 Å². The summed E-state index contributed by atoms with van der Waals surface area (Å²) < 4.78 is 5.70. The zero-order valence-electron chi connectivity index (χ0n) is 11.6. The fraction of sp³-hybridized carbons (Fsp3) is 0. The Bertz CT molecular complexity index is 868. The Labute approximate surface area is 126 Å². The topological polar surface area (TPSA) is 63.8 Å².